The van der Waals surface area contributed by atoms with Crippen LogP contribution in [0.1, 0.15) is 39.0 Å². The zero-order valence-corrected chi connectivity index (χ0v) is 8.93. The third-order valence-corrected chi connectivity index (χ3v) is 2.85. The maximum atomic E-state index is 13.5. The Kier molecular flexibility index (Phi) is 4.64. The number of allylic oxidation sites excluding steroid dienone is 5. The van der Waals surface area contributed by atoms with E-state index in [-0.39, 0.29) is 5.83 Å². The first kappa shape index (κ1) is 11.2. The molecule has 0 radical (unpaired) electrons. The molecule has 1 rings (SSSR count). The van der Waals surface area contributed by atoms with Crippen LogP contribution >= 0.6 is 0 Å². The van der Waals surface area contributed by atoms with Crippen molar-refractivity contribution in [1.29, 1.82) is 0 Å². The molecule has 78 valence electrons. The van der Waals surface area contributed by atoms with Crippen molar-refractivity contribution in [2.45, 2.75) is 39.0 Å². The van der Waals surface area contributed by atoms with E-state index in [2.05, 4.69) is 6.58 Å². The van der Waals surface area contributed by atoms with Gasteiger partial charge in [0, 0.05) is 0 Å². The van der Waals surface area contributed by atoms with Crippen molar-refractivity contribution in [2.24, 2.45) is 5.92 Å². The first-order valence-electron chi connectivity index (χ1n) is 5.44. The van der Waals surface area contributed by atoms with Gasteiger partial charge in [-0.15, -0.1) is 0 Å². The smallest absolute Gasteiger partial charge is 0.126 e. The van der Waals surface area contributed by atoms with Crippen molar-refractivity contribution >= 4 is 0 Å². The van der Waals surface area contributed by atoms with E-state index in [4.69, 9.17) is 0 Å². The van der Waals surface area contributed by atoms with E-state index < -0.39 is 0 Å². The molecule has 0 nitrogen and oxygen atoms in total. The lowest BCUT2D eigenvalue weighted by atomic mass is 9.83. The molecule has 0 saturated heterocycles. The van der Waals surface area contributed by atoms with Crippen LogP contribution in [0.2, 0.25) is 0 Å². The third kappa shape index (κ3) is 2.83. The lowest BCUT2D eigenvalue weighted by Crippen LogP contribution is -2.08. The first-order chi connectivity index (χ1) is 6.79. The SMILES string of the molecule is C=C/C(F)=C(\C=C/C)C1CCCCC1. The van der Waals surface area contributed by atoms with Gasteiger partial charge >= 0.3 is 0 Å². The molecule has 0 bridgehead atoms. The Morgan fingerprint density at radius 2 is 1.93 bits per heavy atom. The lowest BCUT2D eigenvalue weighted by molar-refractivity contribution is 0.401. The molecule has 1 aliphatic carbocycles. The van der Waals surface area contributed by atoms with Crippen LogP contribution in [0.5, 0.6) is 0 Å². The van der Waals surface area contributed by atoms with Gasteiger partial charge in [-0.1, -0.05) is 38.0 Å². The Labute approximate surface area is 86.2 Å². The summed E-state index contributed by atoms with van der Waals surface area (Å²) in [6.45, 7) is 5.42. The molecule has 1 saturated carbocycles. The fourth-order valence-electron chi connectivity index (χ4n) is 2.12. The van der Waals surface area contributed by atoms with Gasteiger partial charge in [0.25, 0.3) is 0 Å². The normalized spacial score (nSPS) is 21.0. The van der Waals surface area contributed by atoms with Crippen LogP contribution in [0.15, 0.2) is 36.2 Å². The van der Waals surface area contributed by atoms with E-state index in [1.54, 1.807) is 0 Å². The summed E-state index contributed by atoms with van der Waals surface area (Å²) in [4.78, 5) is 0. The fraction of sp³-hybridized carbons (Fsp3) is 0.538. The van der Waals surface area contributed by atoms with Gasteiger partial charge in [0.15, 0.2) is 0 Å². The third-order valence-electron chi connectivity index (χ3n) is 2.85. The summed E-state index contributed by atoms with van der Waals surface area (Å²) in [5.41, 5.74) is 0.849. The van der Waals surface area contributed by atoms with Gasteiger partial charge in [0.1, 0.15) is 5.83 Å². The second-order valence-corrected chi connectivity index (χ2v) is 3.84. The summed E-state index contributed by atoms with van der Waals surface area (Å²) >= 11 is 0. The van der Waals surface area contributed by atoms with E-state index in [1.165, 1.54) is 25.3 Å². The van der Waals surface area contributed by atoms with Crippen molar-refractivity contribution in [3.05, 3.63) is 36.2 Å². The van der Waals surface area contributed by atoms with E-state index in [0.29, 0.717) is 5.92 Å². The minimum Gasteiger partial charge on any atom is -0.207 e. The molecule has 0 unspecified atom stereocenters. The number of hydrogen-bond donors (Lipinski definition) is 0. The average molecular weight is 194 g/mol. The van der Waals surface area contributed by atoms with Gasteiger partial charge in [-0.2, -0.15) is 0 Å². The lowest BCUT2D eigenvalue weighted by Gasteiger charge is -2.22. The fourth-order valence-corrected chi connectivity index (χ4v) is 2.12. The zero-order valence-electron chi connectivity index (χ0n) is 8.93. The monoisotopic (exact) mass is 194 g/mol. The molecule has 0 aromatic rings. The minimum absolute atomic E-state index is 0.144. The van der Waals surface area contributed by atoms with Crippen molar-refractivity contribution in [2.75, 3.05) is 0 Å². The van der Waals surface area contributed by atoms with Crippen LogP contribution in [0.25, 0.3) is 0 Å². The standard InChI is InChI=1S/C13H19F/c1-3-8-12(13(14)4-2)11-9-6-5-7-10-11/h3-4,8,11H,2,5-7,9-10H2,1H3/b8-3-,13-12-. The number of rotatable bonds is 3. The summed E-state index contributed by atoms with van der Waals surface area (Å²) in [5.74, 6) is 0.271. The van der Waals surface area contributed by atoms with E-state index in [9.17, 15) is 4.39 Å². The Morgan fingerprint density at radius 3 is 2.43 bits per heavy atom. The molecule has 0 aliphatic heterocycles. The van der Waals surface area contributed by atoms with Crippen molar-refractivity contribution in [3.8, 4) is 0 Å². The Hall–Kier alpha value is -0.850. The highest BCUT2D eigenvalue weighted by atomic mass is 19.1. The van der Waals surface area contributed by atoms with Crippen LogP contribution < -0.4 is 0 Å². The second-order valence-electron chi connectivity index (χ2n) is 3.84. The molecule has 1 heteroatoms. The predicted molar refractivity (Wildman–Crippen MR) is 59.7 cm³/mol. The molecule has 0 atom stereocenters. The van der Waals surface area contributed by atoms with E-state index in [0.717, 1.165) is 18.4 Å². The summed E-state index contributed by atoms with van der Waals surface area (Å²) in [6, 6.07) is 0. The summed E-state index contributed by atoms with van der Waals surface area (Å²) in [5, 5.41) is 0. The Morgan fingerprint density at radius 1 is 1.29 bits per heavy atom. The molecular weight excluding hydrogens is 175 g/mol. The number of hydrogen-bond acceptors (Lipinski definition) is 0. The van der Waals surface area contributed by atoms with Gasteiger partial charge in [0.05, 0.1) is 0 Å². The Balaban J connectivity index is 2.80. The summed E-state index contributed by atoms with van der Waals surface area (Å²) in [7, 11) is 0. The molecule has 1 aliphatic rings. The zero-order chi connectivity index (χ0) is 10.4. The van der Waals surface area contributed by atoms with Crippen LogP contribution in [0.4, 0.5) is 4.39 Å². The second kappa shape index (κ2) is 5.79. The topological polar surface area (TPSA) is 0 Å². The number of halogens is 1. The van der Waals surface area contributed by atoms with Gasteiger partial charge in [0.2, 0.25) is 0 Å². The van der Waals surface area contributed by atoms with Crippen molar-refractivity contribution in [1.82, 2.24) is 0 Å². The molecule has 14 heavy (non-hydrogen) atoms. The summed E-state index contributed by atoms with van der Waals surface area (Å²) in [6.07, 6.45) is 11.1. The molecule has 0 amide bonds. The van der Waals surface area contributed by atoms with Gasteiger partial charge in [-0.25, -0.2) is 4.39 Å². The van der Waals surface area contributed by atoms with E-state index in [1.807, 2.05) is 19.1 Å². The van der Waals surface area contributed by atoms with Crippen molar-refractivity contribution in [3.63, 3.8) is 0 Å². The molecule has 0 aromatic heterocycles. The van der Waals surface area contributed by atoms with Crippen LogP contribution in [-0.4, -0.2) is 0 Å². The van der Waals surface area contributed by atoms with Crippen LogP contribution in [0.3, 0.4) is 0 Å². The first-order valence-corrected chi connectivity index (χ1v) is 5.44. The highest BCUT2D eigenvalue weighted by molar-refractivity contribution is 5.30. The van der Waals surface area contributed by atoms with Gasteiger partial charge in [-0.05, 0) is 37.3 Å². The van der Waals surface area contributed by atoms with Gasteiger partial charge < -0.3 is 0 Å². The maximum absolute atomic E-state index is 13.5. The molecule has 0 heterocycles. The van der Waals surface area contributed by atoms with E-state index >= 15 is 0 Å². The maximum Gasteiger partial charge on any atom is 0.126 e. The molecular formula is C13H19F. The highest BCUT2D eigenvalue weighted by Gasteiger charge is 2.18. The minimum atomic E-state index is -0.144. The largest absolute Gasteiger partial charge is 0.207 e. The molecule has 0 aromatic carbocycles. The predicted octanol–water partition coefficient (Wildman–Crippen LogP) is 4.55. The quantitative estimate of drug-likeness (QED) is 0.578. The van der Waals surface area contributed by atoms with Crippen LogP contribution in [-0.2, 0) is 0 Å². The van der Waals surface area contributed by atoms with Crippen molar-refractivity contribution < 1.29 is 4.39 Å². The molecule has 0 spiro atoms. The molecule has 0 N–H and O–H groups in total. The van der Waals surface area contributed by atoms with Crippen LogP contribution in [0, 0.1) is 5.92 Å². The average Bonchev–Trinajstić information content (AvgIpc) is 2.26. The Bertz CT molecular complexity index is 242. The molecule has 1 fully saturated rings. The summed E-state index contributed by atoms with van der Waals surface area (Å²) < 4.78 is 13.5. The van der Waals surface area contributed by atoms with Gasteiger partial charge in [-0.3, -0.25) is 0 Å². The highest BCUT2D eigenvalue weighted by Crippen LogP contribution is 2.32.